The molecule has 1 aliphatic heterocycles. The quantitative estimate of drug-likeness (QED) is 0.282. The molecule has 0 saturated carbocycles. The number of rotatable bonds is 6. The number of non-ortho nitro benzene ring substituents is 1. The van der Waals surface area contributed by atoms with Crippen LogP contribution in [-0.4, -0.2) is 29.3 Å². The average molecular weight is 425 g/mol. The lowest BCUT2D eigenvalue weighted by Crippen LogP contribution is -2.46. The van der Waals surface area contributed by atoms with Crippen LogP contribution in [0.15, 0.2) is 64.9 Å². The smallest absolute Gasteiger partial charge is 0.271 e. The van der Waals surface area contributed by atoms with Crippen molar-refractivity contribution in [2.75, 3.05) is 7.11 Å². The standard InChI is InChI=1S/C20H19N5O4S/c1-12-17(19(26)24-21-11-13-3-9-16(29-2)10-4-13)18(23-20(30)22-12)14-5-7-15(8-6-14)25(27)28/h3-11,18H,1-2H3,(H,24,26)(H2,22,23,30). The topological polar surface area (TPSA) is 118 Å². The van der Waals surface area contributed by atoms with Crippen molar-refractivity contribution in [1.29, 1.82) is 0 Å². The number of nitro benzene ring substituents is 1. The van der Waals surface area contributed by atoms with E-state index in [4.69, 9.17) is 17.0 Å². The predicted molar refractivity (Wildman–Crippen MR) is 116 cm³/mol. The molecule has 0 aromatic heterocycles. The molecule has 1 amide bonds. The van der Waals surface area contributed by atoms with Gasteiger partial charge in [0.2, 0.25) is 0 Å². The van der Waals surface area contributed by atoms with Crippen LogP contribution < -0.4 is 20.8 Å². The maximum absolute atomic E-state index is 12.8. The highest BCUT2D eigenvalue weighted by molar-refractivity contribution is 7.80. The van der Waals surface area contributed by atoms with Crippen molar-refractivity contribution in [3.63, 3.8) is 0 Å². The fraction of sp³-hybridized carbons (Fsp3) is 0.150. The van der Waals surface area contributed by atoms with E-state index in [1.807, 2.05) is 0 Å². The SMILES string of the molecule is COc1ccc(C=NNC(=O)C2=C(C)NC(=S)NC2c2ccc([N+](=O)[O-])cc2)cc1. The average Bonchev–Trinajstić information content (AvgIpc) is 2.73. The molecule has 0 bridgehead atoms. The number of allylic oxidation sites excluding steroid dienone is 1. The minimum Gasteiger partial charge on any atom is -0.497 e. The van der Waals surface area contributed by atoms with Gasteiger partial charge in [0.1, 0.15) is 5.75 Å². The van der Waals surface area contributed by atoms with Crippen LogP contribution in [0.1, 0.15) is 24.1 Å². The summed E-state index contributed by atoms with van der Waals surface area (Å²) in [6.07, 6.45) is 1.52. The Labute approximate surface area is 178 Å². The molecule has 0 aliphatic carbocycles. The Bertz CT molecular complexity index is 1030. The number of carbonyl (C=O) groups is 1. The second-order valence-corrected chi connectivity index (χ2v) is 6.80. The van der Waals surface area contributed by atoms with Crippen molar-refractivity contribution < 1.29 is 14.5 Å². The molecular formula is C20H19N5O4S. The summed E-state index contributed by atoms with van der Waals surface area (Å²) in [7, 11) is 1.58. The maximum Gasteiger partial charge on any atom is 0.271 e. The maximum atomic E-state index is 12.8. The molecule has 1 heterocycles. The molecule has 9 nitrogen and oxygen atoms in total. The van der Waals surface area contributed by atoms with Crippen LogP contribution in [0.4, 0.5) is 5.69 Å². The highest BCUT2D eigenvalue weighted by Crippen LogP contribution is 2.28. The van der Waals surface area contributed by atoms with Gasteiger partial charge >= 0.3 is 0 Å². The van der Waals surface area contributed by atoms with Crippen molar-refractivity contribution in [3.05, 3.63) is 81.0 Å². The first-order valence-corrected chi connectivity index (χ1v) is 9.30. The number of carbonyl (C=O) groups excluding carboxylic acids is 1. The fourth-order valence-electron chi connectivity index (χ4n) is 2.95. The number of methoxy groups -OCH3 is 1. The third-order valence-electron chi connectivity index (χ3n) is 4.45. The first kappa shape index (κ1) is 20.9. The molecule has 0 spiro atoms. The van der Waals surface area contributed by atoms with Crippen LogP contribution in [0.3, 0.4) is 0 Å². The molecule has 2 aromatic rings. The number of benzene rings is 2. The van der Waals surface area contributed by atoms with Gasteiger partial charge in [0, 0.05) is 17.8 Å². The summed E-state index contributed by atoms with van der Waals surface area (Å²) in [5.41, 5.74) is 4.87. The summed E-state index contributed by atoms with van der Waals surface area (Å²) in [5, 5.41) is 21.2. The molecule has 30 heavy (non-hydrogen) atoms. The van der Waals surface area contributed by atoms with E-state index >= 15 is 0 Å². The predicted octanol–water partition coefficient (Wildman–Crippen LogP) is 2.55. The highest BCUT2D eigenvalue weighted by atomic mass is 32.1. The Morgan fingerprint density at radius 3 is 2.50 bits per heavy atom. The number of nitrogens with zero attached hydrogens (tertiary/aromatic N) is 2. The first-order chi connectivity index (χ1) is 14.4. The highest BCUT2D eigenvalue weighted by Gasteiger charge is 2.30. The van der Waals surface area contributed by atoms with E-state index in [1.54, 1.807) is 50.4 Å². The number of amides is 1. The van der Waals surface area contributed by atoms with Gasteiger partial charge in [0.05, 0.1) is 29.9 Å². The number of hydrogen-bond donors (Lipinski definition) is 3. The molecule has 0 radical (unpaired) electrons. The van der Waals surface area contributed by atoms with Gasteiger partial charge in [-0.2, -0.15) is 5.10 Å². The summed E-state index contributed by atoms with van der Waals surface area (Å²) < 4.78 is 5.10. The molecule has 3 N–H and O–H groups in total. The lowest BCUT2D eigenvalue weighted by molar-refractivity contribution is -0.384. The van der Waals surface area contributed by atoms with Crippen LogP contribution >= 0.6 is 12.2 Å². The van der Waals surface area contributed by atoms with Crippen LogP contribution in [0.2, 0.25) is 0 Å². The Morgan fingerprint density at radius 2 is 1.90 bits per heavy atom. The van der Waals surface area contributed by atoms with Crippen molar-refractivity contribution in [3.8, 4) is 5.75 Å². The van der Waals surface area contributed by atoms with E-state index in [2.05, 4.69) is 21.2 Å². The number of hydrogen-bond acceptors (Lipinski definition) is 6. The lowest BCUT2D eigenvalue weighted by atomic mass is 9.95. The third-order valence-corrected chi connectivity index (χ3v) is 4.67. The third kappa shape index (κ3) is 4.78. The van der Waals surface area contributed by atoms with E-state index in [0.717, 1.165) is 11.3 Å². The monoisotopic (exact) mass is 425 g/mol. The normalized spacial score (nSPS) is 16.1. The van der Waals surface area contributed by atoms with Crippen LogP contribution in [0.25, 0.3) is 0 Å². The van der Waals surface area contributed by atoms with E-state index in [9.17, 15) is 14.9 Å². The zero-order valence-electron chi connectivity index (χ0n) is 16.2. The molecule has 0 fully saturated rings. The van der Waals surface area contributed by atoms with Crippen molar-refractivity contribution in [1.82, 2.24) is 16.1 Å². The number of hydrazone groups is 1. The van der Waals surface area contributed by atoms with Crippen molar-refractivity contribution >= 4 is 35.1 Å². The minimum absolute atomic E-state index is 0.0361. The minimum atomic E-state index is -0.573. The molecule has 2 aromatic carbocycles. The first-order valence-electron chi connectivity index (χ1n) is 8.89. The largest absolute Gasteiger partial charge is 0.497 e. The molecule has 10 heteroatoms. The van der Waals surface area contributed by atoms with Crippen molar-refractivity contribution in [2.24, 2.45) is 5.10 Å². The lowest BCUT2D eigenvalue weighted by Gasteiger charge is -2.29. The van der Waals surface area contributed by atoms with Gasteiger partial charge in [-0.1, -0.05) is 0 Å². The summed E-state index contributed by atoms with van der Waals surface area (Å²) >= 11 is 5.20. The van der Waals surface area contributed by atoms with Gasteiger partial charge < -0.3 is 15.4 Å². The second kappa shape index (κ2) is 9.14. The van der Waals surface area contributed by atoms with Crippen LogP contribution in [0, 0.1) is 10.1 Å². The summed E-state index contributed by atoms with van der Waals surface area (Å²) in [4.78, 5) is 23.3. The zero-order valence-corrected chi connectivity index (χ0v) is 17.0. The number of nitrogens with one attached hydrogen (secondary N) is 3. The molecule has 3 rings (SSSR count). The summed E-state index contributed by atoms with van der Waals surface area (Å²) in [6, 6.07) is 12.6. The number of nitro groups is 1. The molecule has 0 saturated heterocycles. The van der Waals surface area contributed by atoms with E-state index in [-0.39, 0.29) is 5.69 Å². The van der Waals surface area contributed by atoms with Gasteiger partial charge in [0.25, 0.3) is 11.6 Å². The molecule has 1 atom stereocenters. The van der Waals surface area contributed by atoms with E-state index in [0.29, 0.717) is 21.9 Å². The van der Waals surface area contributed by atoms with Gasteiger partial charge in [-0.25, -0.2) is 5.43 Å². The van der Waals surface area contributed by atoms with Crippen LogP contribution in [0.5, 0.6) is 5.75 Å². The Morgan fingerprint density at radius 1 is 1.23 bits per heavy atom. The zero-order chi connectivity index (χ0) is 21.7. The molecule has 1 aliphatic rings. The fourth-order valence-corrected chi connectivity index (χ4v) is 3.22. The van der Waals surface area contributed by atoms with Gasteiger partial charge in [-0.15, -0.1) is 0 Å². The van der Waals surface area contributed by atoms with Crippen LogP contribution in [-0.2, 0) is 4.79 Å². The summed E-state index contributed by atoms with van der Waals surface area (Å²) in [5.74, 6) is 0.293. The van der Waals surface area contributed by atoms with Gasteiger partial charge in [-0.05, 0) is 66.7 Å². The Hall–Kier alpha value is -3.79. The number of ether oxygens (including phenoxy) is 1. The van der Waals surface area contributed by atoms with E-state index < -0.39 is 16.9 Å². The molecule has 154 valence electrons. The van der Waals surface area contributed by atoms with Crippen molar-refractivity contribution in [2.45, 2.75) is 13.0 Å². The number of thiocarbonyl (C=S) groups is 1. The second-order valence-electron chi connectivity index (χ2n) is 6.39. The molecule has 1 unspecified atom stereocenters. The van der Waals surface area contributed by atoms with Gasteiger partial charge in [0.15, 0.2) is 5.11 Å². The van der Waals surface area contributed by atoms with E-state index in [1.165, 1.54) is 18.3 Å². The Kier molecular flexibility index (Phi) is 6.38. The Balaban J connectivity index is 1.79. The van der Waals surface area contributed by atoms with Gasteiger partial charge in [-0.3, -0.25) is 14.9 Å². The molecular weight excluding hydrogens is 406 g/mol. The summed E-state index contributed by atoms with van der Waals surface area (Å²) in [6.45, 7) is 1.73.